The lowest BCUT2D eigenvalue weighted by molar-refractivity contribution is -0.394. The third-order valence-corrected chi connectivity index (χ3v) is 2.88. The van der Waals surface area contributed by atoms with Gasteiger partial charge in [-0.15, -0.1) is 0 Å². The van der Waals surface area contributed by atoms with E-state index in [1.54, 1.807) is 6.07 Å². The number of hydrogen-bond acceptors (Lipinski definition) is 6. The molecule has 0 radical (unpaired) electrons. The molecule has 0 aromatic carbocycles. The molecule has 11 heteroatoms. The SMILES string of the molecule is O=C(Cn1nc([N+](=O)[O-])nc1Br)Nc1ccc(Cl)cn1. The quantitative estimate of drug-likeness (QED) is 0.653. The van der Waals surface area contributed by atoms with Crippen molar-refractivity contribution >= 4 is 45.2 Å². The van der Waals surface area contributed by atoms with Crippen LogP contribution in [-0.2, 0) is 11.3 Å². The van der Waals surface area contributed by atoms with Crippen molar-refractivity contribution in [2.24, 2.45) is 0 Å². The topological polar surface area (TPSA) is 116 Å². The number of anilines is 1. The summed E-state index contributed by atoms with van der Waals surface area (Å²) in [6, 6.07) is 3.10. The van der Waals surface area contributed by atoms with Crippen molar-refractivity contribution in [1.82, 2.24) is 19.7 Å². The van der Waals surface area contributed by atoms with Gasteiger partial charge in [-0.3, -0.25) is 4.79 Å². The molecule has 0 spiro atoms. The minimum absolute atomic E-state index is 0.0865. The molecule has 0 saturated heterocycles. The van der Waals surface area contributed by atoms with Crippen molar-refractivity contribution < 1.29 is 9.72 Å². The summed E-state index contributed by atoms with van der Waals surface area (Å²) in [7, 11) is 0. The van der Waals surface area contributed by atoms with Crippen molar-refractivity contribution in [2.75, 3.05) is 5.32 Å². The molecule has 104 valence electrons. The fourth-order valence-corrected chi connectivity index (χ4v) is 1.73. The minimum atomic E-state index is -0.750. The standard InChI is InChI=1S/C9H6BrClN6O3/c10-8-14-9(17(19)20)15-16(8)4-7(18)13-6-2-1-5(11)3-12-6/h1-3H,4H2,(H,12,13,18). The Labute approximate surface area is 125 Å². The van der Waals surface area contributed by atoms with E-state index in [1.165, 1.54) is 12.3 Å². The number of pyridine rings is 1. The van der Waals surface area contributed by atoms with Crippen LogP contribution in [0.5, 0.6) is 0 Å². The van der Waals surface area contributed by atoms with Crippen LogP contribution < -0.4 is 5.32 Å². The summed E-state index contributed by atoms with van der Waals surface area (Å²) in [5.74, 6) is -0.736. The fourth-order valence-electron chi connectivity index (χ4n) is 1.26. The largest absolute Gasteiger partial charge is 0.492 e. The molecule has 0 aliphatic heterocycles. The molecule has 2 aromatic heterocycles. The second-order valence-electron chi connectivity index (χ2n) is 3.51. The molecule has 0 fully saturated rings. The Kier molecular flexibility index (Phi) is 4.25. The third kappa shape index (κ3) is 3.48. The summed E-state index contributed by atoms with van der Waals surface area (Å²) in [5, 5.41) is 17.0. The van der Waals surface area contributed by atoms with Gasteiger partial charge in [-0.2, -0.15) is 4.68 Å². The van der Waals surface area contributed by atoms with Crippen molar-refractivity contribution in [3.63, 3.8) is 0 Å². The van der Waals surface area contributed by atoms with Gasteiger partial charge in [0.2, 0.25) is 5.91 Å². The summed E-state index contributed by atoms with van der Waals surface area (Å²) in [5.41, 5.74) is 0. The highest BCUT2D eigenvalue weighted by Crippen LogP contribution is 2.13. The van der Waals surface area contributed by atoms with Gasteiger partial charge < -0.3 is 15.4 Å². The second kappa shape index (κ2) is 5.92. The first kappa shape index (κ1) is 14.3. The van der Waals surface area contributed by atoms with E-state index in [4.69, 9.17) is 11.6 Å². The van der Waals surface area contributed by atoms with Gasteiger partial charge in [0.1, 0.15) is 12.4 Å². The summed E-state index contributed by atoms with van der Waals surface area (Å²) in [6.07, 6.45) is 1.38. The van der Waals surface area contributed by atoms with Gasteiger partial charge in [-0.05, 0) is 22.0 Å². The van der Waals surface area contributed by atoms with Gasteiger partial charge in [0.05, 0.1) is 5.02 Å². The number of rotatable bonds is 4. The Morgan fingerprint density at radius 2 is 2.30 bits per heavy atom. The van der Waals surface area contributed by atoms with Crippen molar-refractivity contribution in [2.45, 2.75) is 6.54 Å². The highest BCUT2D eigenvalue weighted by Gasteiger charge is 2.21. The average molecular weight is 362 g/mol. The Morgan fingerprint density at radius 3 is 2.85 bits per heavy atom. The van der Waals surface area contributed by atoms with Crippen molar-refractivity contribution in [3.8, 4) is 0 Å². The molecule has 1 amide bonds. The summed E-state index contributed by atoms with van der Waals surface area (Å²) in [4.78, 5) is 28.9. The first-order valence-electron chi connectivity index (χ1n) is 5.12. The number of halogens is 2. The van der Waals surface area contributed by atoms with Gasteiger partial charge in [0.25, 0.3) is 4.73 Å². The predicted molar refractivity (Wildman–Crippen MR) is 72.3 cm³/mol. The molecule has 0 aliphatic rings. The lowest BCUT2D eigenvalue weighted by Crippen LogP contribution is -2.20. The smallest absolute Gasteiger partial charge is 0.390 e. The molecule has 0 bridgehead atoms. The number of nitrogens with one attached hydrogen (secondary N) is 1. The van der Waals surface area contributed by atoms with E-state index in [-0.39, 0.29) is 11.3 Å². The van der Waals surface area contributed by atoms with E-state index in [0.717, 1.165) is 4.68 Å². The fraction of sp³-hybridized carbons (Fsp3) is 0.111. The zero-order chi connectivity index (χ0) is 14.7. The van der Waals surface area contributed by atoms with Crippen LogP contribution in [0.1, 0.15) is 0 Å². The molecule has 2 aromatic rings. The number of carbonyl (C=O) groups is 1. The molecule has 2 heterocycles. The van der Waals surface area contributed by atoms with E-state index in [9.17, 15) is 14.9 Å². The van der Waals surface area contributed by atoms with Gasteiger partial charge in [0.15, 0.2) is 0 Å². The van der Waals surface area contributed by atoms with Crippen LogP contribution in [0.4, 0.5) is 11.8 Å². The predicted octanol–water partition coefficient (Wildman–Crippen LogP) is 1.64. The molecule has 0 unspecified atom stereocenters. The minimum Gasteiger partial charge on any atom is -0.390 e. The van der Waals surface area contributed by atoms with E-state index in [1.807, 2.05) is 0 Å². The van der Waals surface area contributed by atoms with Crippen molar-refractivity contribution in [1.29, 1.82) is 0 Å². The first-order valence-corrected chi connectivity index (χ1v) is 6.29. The van der Waals surface area contributed by atoms with Crippen LogP contribution in [-0.4, -0.2) is 30.6 Å². The Bertz CT molecular complexity index is 658. The number of amides is 1. The summed E-state index contributed by atoms with van der Waals surface area (Å²) < 4.78 is 1.15. The molecule has 1 N–H and O–H groups in total. The van der Waals surface area contributed by atoms with Crippen LogP contribution in [0.15, 0.2) is 23.1 Å². The monoisotopic (exact) mass is 360 g/mol. The van der Waals surface area contributed by atoms with E-state index in [2.05, 4.69) is 36.3 Å². The highest BCUT2D eigenvalue weighted by atomic mass is 79.9. The Morgan fingerprint density at radius 1 is 1.55 bits per heavy atom. The lowest BCUT2D eigenvalue weighted by Gasteiger charge is -2.02. The maximum Gasteiger partial charge on any atom is 0.492 e. The lowest BCUT2D eigenvalue weighted by atomic mass is 10.4. The number of nitrogens with zero attached hydrogens (tertiary/aromatic N) is 5. The molecule has 20 heavy (non-hydrogen) atoms. The molecular formula is C9H6BrClN6O3. The highest BCUT2D eigenvalue weighted by molar-refractivity contribution is 9.10. The Hall–Kier alpha value is -2.07. The number of nitro groups is 1. The van der Waals surface area contributed by atoms with Gasteiger partial charge in [-0.1, -0.05) is 11.6 Å². The number of aromatic nitrogens is 4. The third-order valence-electron chi connectivity index (χ3n) is 2.07. The average Bonchev–Trinajstić information content (AvgIpc) is 2.74. The molecule has 0 saturated carbocycles. The van der Waals surface area contributed by atoms with E-state index in [0.29, 0.717) is 10.8 Å². The van der Waals surface area contributed by atoms with Crippen LogP contribution in [0, 0.1) is 10.1 Å². The number of hydrogen-bond donors (Lipinski definition) is 1. The maximum atomic E-state index is 11.7. The molecule has 9 nitrogen and oxygen atoms in total. The molecule has 0 aliphatic carbocycles. The first-order chi connectivity index (χ1) is 9.45. The molecule has 0 atom stereocenters. The van der Waals surface area contributed by atoms with Crippen LogP contribution in [0.25, 0.3) is 0 Å². The van der Waals surface area contributed by atoms with Gasteiger partial charge >= 0.3 is 5.95 Å². The van der Waals surface area contributed by atoms with Gasteiger partial charge in [-0.25, -0.2) is 4.98 Å². The van der Waals surface area contributed by atoms with Crippen LogP contribution in [0.3, 0.4) is 0 Å². The normalized spacial score (nSPS) is 10.3. The molecular weight excluding hydrogens is 355 g/mol. The molecule has 2 rings (SSSR count). The summed E-state index contributed by atoms with van der Waals surface area (Å²) in [6.45, 7) is -0.244. The zero-order valence-corrected chi connectivity index (χ0v) is 12.0. The van der Waals surface area contributed by atoms with Gasteiger partial charge in [0, 0.05) is 27.2 Å². The van der Waals surface area contributed by atoms with E-state index < -0.39 is 16.8 Å². The number of carbonyl (C=O) groups excluding carboxylic acids is 1. The maximum absolute atomic E-state index is 11.7. The van der Waals surface area contributed by atoms with E-state index >= 15 is 0 Å². The second-order valence-corrected chi connectivity index (χ2v) is 4.65. The van der Waals surface area contributed by atoms with Crippen molar-refractivity contribution in [3.05, 3.63) is 38.2 Å². The van der Waals surface area contributed by atoms with Crippen LogP contribution in [0.2, 0.25) is 5.02 Å². The van der Waals surface area contributed by atoms with Crippen LogP contribution >= 0.6 is 27.5 Å². The summed E-state index contributed by atoms with van der Waals surface area (Å²) >= 11 is 8.64. The Balaban J connectivity index is 2.04. The zero-order valence-electron chi connectivity index (χ0n) is 9.66.